The normalized spacial score (nSPS) is 19.4. The van der Waals surface area contributed by atoms with Gasteiger partial charge in [-0.25, -0.2) is 12.8 Å². The highest BCUT2D eigenvalue weighted by atomic mass is 32.2. The Morgan fingerprint density at radius 3 is 2.57 bits per heavy atom. The first-order chi connectivity index (χ1) is 13.5. The van der Waals surface area contributed by atoms with E-state index in [0.29, 0.717) is 29.7 Å². The summed E-state index contributed by atoms with van der Waals surface area (Å²) in [6.07, 6.45) is 2.88. The first-order valence-electron chi connectivity index (χ1n) is 9.03. The maximum Gasteiger partial charge on any atom is 0.238 e. The van der Waals surface area contributed by atoms with Crippen LogP contribution in [0.5, 0.6) is 0 Å². The molecular weight excluding hydrogens is 377 g/mol. The molecule has 28 heavy (non-hydrogen) atoms. The number of nitriles is 1. The van der Waals surface area contributed by atoms with E-state index in [9.17, 15) is 18.1 Å². The number of benzene rings is 2. The van der Waals surface area contributed by atoms with Gasteiger partial charge in [0.1, 0.15) is 11.4 Å². The van der Waals surface area contributed by atoms with Crippen molar-refractivity contribution in [1.29, 1.82) is 5.26 Å². The van der Waals surface area contributed by atoms with Crippen LogP contribution in [0.2, 0.25) is 0 Å². The maximum absolute atomic E-state index is 14.0. The molecule has 2 unspecified atom stereocenters. The minimum atomic E-state index is -3.86. The summed E-state index contributed by atoms with van der Waals surface area (Å²) in [5, 5.41) is 9.92. The number of pyridine rings is 1. The van der Waals surface area contributed by atoms with Gasteiger partial charge in [-0.1, -0.05) is 30.3 Å². The highest BCUT2D eigenvalue weighted by Gasteiger charge is 2.38. The average molecular weight is 395 g/mol. The highest BCUT2D eigenvalue weighted by Crippen LogP contribution is 2.36. The quantitative estimate of drug-likeness (QED) is 0.709. The van der Waals surface area contributed by atoms with Crippen molar-refractivity contribution < 1.29 is 12.8 Å². The molecule has 7 heteroatoms. The number of nitrogens with zero attached hydrogens (tertiary/aromatic N) is 2. The van der Waals surface area contributed by atoms with E-state index in [-0.39, 0.29) is 6.42 Å². The molecule has 0 spiro atoms. The molecule has 1 fully saturated rings. The molecule has 0 radical (unpaired) electrons. The Morgan fingerprint density at radius 1 is 1.07 bits per heavy atom. The third-order valence-corrected chi connectivity index (χ3v) is 7.01. The molecule has 0 saturated heterocycles. The number of rotatable bonds is 4. The molecule has 1 aliphatic rings. The molecule has 0 amide bonds. The Bertz CT molecular complexity index is 1190. The van der Waals surface area contributed by atoms with Gasteiger partial charge in [0.25, 0.3) is 0 Å². The summed E-state index contributed by atoms with van der Waals surface area (Å²) >= 11 is 0. The lowest BCUT2D eigenvalue weighted by molar-refractivity contribution is 0.343. The van der Waals surface area contributed by atoms with Gasteiger partial charge in [0.05, 0.1) is 17.3 Å². The SMILES string of the molecule is N#Cc1ccc(-c2cnccc2NS(=O)(=O)C2CCCC2F)c2ccccc12. The second-order valence-electron chi connectivity index (χ2n) is 6.87. The van der Waals surface area contributed by atoms with Crippen molar-refractivity contribution in [2.24, 2.45) is 0 Å². The Morgan fingerprint density at radius 2 is 1.86 bits per heavy atom. The Balaban J connectivity index is 1.82. The summed E-state index contributed by atoms with van der Waals surface area (Å²) < 4.78 is 42.1. The monoisotopic (exact) mass is 395 g/mol. The minimum absolute atomic E-state index is 0.273. The third-order valence-electron chi connectivity index (χ3n) is 5.18. The predicted molar refractivity (Wildman–Crippen MR) is 107 cm³/mol. The summed E-state index contributed by atoms with van der Waals surface area (Å²) in [6, 6.07) is 14.7. The minimum Gasteiger partial charge on any atom is -0.282 e. The van der Waals surface area contributed by atoms with Gasteiger partial charge in [-0.05, 0) is 42.3 Å². The average Bonchev–Trinajstić information content (AvgIpc) is 3.14. The molecule has 142 valence electrons. The second-order valence-corrected chi connectivity index (χ2v) is 8.77. The van der Waals surface area contributed by atoms with Crippen LogP contribution < -0.4 is 4.72 Å². The van der Waals surface area contributed by atoms with Crippen molar-refractivity contribution in [1.82, 2.24) is 4.98 Å². The van der Waals surface area contributed by atoms with Gasteiger partial charge in [-0.15, -0.1) is 0 Å². The van der Waals surface area contributed by atoms with Crippen LogP contribution in [0.3, 0.4) is 0 Å². The number of hydrogen-bond donors (Lipinski definition) is 1. The number of fused-ring (bicyclic) bond motifs is 1. The van der Waals surface area contributed by atoms with Gasteiger partial charge >= 0.3 is 0 Å². The van der Waals surface area contributed by atoms with Crippen LogP contribution in [0.15, 0.2) is 54.9 Å². The van der Waals surface area contributed by atoms with E-state index in [4.69, 9.17) is 0 Å². The molecule has 5 nitrogen and oxygen atoms in total. The molecule has 3 aromatic rings. The van der Waals surface area contributed by atoms with Crippen molar-refractivity contribution in [3.05, 3.63) is 60.4 Å². The zero-order chi connectivity index (χ0) is 19.7. The number of sulfonamides is 1. The number of aromatic nitrogens is 1. The molecule has 2 aromatic carbocycles. The van der Waals surface area contributed by atoms with E-state index in [1.54, 1.807) is 24.4 Å². The van der Waals surface area contributed by atoms with Crippen molar-refractivity contribution in [3.8, 4) is 17.2 Å². The fraction of sp³-hybridized carbons (Fsp3) is 0.238. The zero-order valence-electron chi connectivity index (χ0n) is 15.0. The fourth-order valence-electron chi connectivity index (χ4n) is 3.79. The predicted octanol–water partition coefficient (Wildman–Crippen LogP) is 4.41. The van der Waals surface area contributed by atoms with Crippen LogP contribution in [0.1, 0.15) is 24.8 Å². The fourth-order valence-corrected chi connectivity index (χ4v) is 5.43. The largest absolute Gasteiger partial charge is 0.282 e. The number of nitrogens with one attached hydrogen (secondary N) is 1. The Hall–Kier alpha value is -2.98. The number of hydrogen-bond acceptors (Lipinski definition) is 4. The molecule has 2 atom stereocenters. The van der Waals surface area contributed by atoms with Crippen LogP contribution in [0.25, 0.3) is 21.9 Å². The van der Waals surface area contributed by atoms with Gasteiger partial charge in [0, 0.05) is 23.3 Å². The molecule has 4 rings (SSSR count). The van der Waals surface area contributed by atoms with Crippen LogP contribution in [-0.4, -0.2) is 24.8 Å². The van der Waals surface area contributed by atoms with E-state index < -0.39 is 21.4 Å². The lowest BCUT2D eigenvalue weighted by Gasteiger charge is -2.18. The van der Waals surface area contributed by atoms with Crippen LogP contribution >= 0.6 is 0 Å². The van der Waals surface area contributed by atoms with Gasteiger partial charge in [-0.2, -0.15) is 5.26 Å². The van der Waals surface area contributed by atoms with Crippen LogP contribution in [0, 0.1) is 11.3 Å². The van der Waals surface area contributed by atoms with Gasteiger partial charge in [-0.3, -0.25) is 9.71 Å². The molecule has 1 heterocycles. The summed E-state index contributed by atoms with van der Waals surface area (Å²) in [5.74, 6) is 0. The van der Waals surface area contributed by atoms with Crippen molar-refractivity contribution >= 4 is 26.5 Å². The van der Waals surface area contributed by atoms with Gasteiger partial charge in [0.2, 0.25) is 10.0 Å². The lowest BCUT2D eigenvalue weighted by Crippen LogP contribution is -2.32. The summed E-state index contributed by atoms with van der Waals surface area (Å²) in [4.78, 5) is 4.14. The molecule has 0 bridgehead atoms. The standard InChI is InChI=1S/C21H18FN3O2S/c22-19-6-3-7-21(19)28(26,27)25-20-10-11-24-13-18(20)17-9-8-14(12-23)15-4-1-2-5-16(15)17/h1-2,4-5,8-11,13,19,21H,3,6-7H2,(H,24,25). The highest BCUT2D eigenvalue weighted by molar-refractivity contribution is 7.93. The van der Waals surface area contributed by atoms with Crippen LogP contribution in [0.4, 0.5) is 10.1 Å². The number of anilines is 1. The zero-order valence-corrected chi connectivity index (χ0v) is 15.8. The molecule has 0 aliphatic heterocycles. The van der Waals surface area contributed by atoms with Gasteiger partial charge < -0.3 is 0 Å². The Kier molecular flexibility index (Phi) is 4.73. The van der Waals surface area contributed by atoms with E-state index in [1.165, 1.54) is 6.20 Å². The lowest BCUT2D eigenvalue weighted by atomic mass is 9.95. The van der Waals surface area contributed by atoms with Crippen molar-refractivity contribution in [3.63, 3.8) is 0 Å². The van der Waals surface area contributed by atoms with Gasteiger partial charge in [0.15, 0.2) is 0 Å². The smallest absolute Gasteiger partial charge is 0.238 e. The molecule has 1 aromatic heterocycles. The van der Waals surface area contributed by atoms with E-state index in [1.807, 2.05) is 24.3 Å². The first kappa shape index (κ1) is 18.4. The van der Waals surface area contributed by atoms with Crippen molar-refractivity contribution in [2.75, 3.05) is 4.72 Å². The third kappa shape index (κ3) is 3.20. The number of alkyl halides is 1. The Labute approximate surface area is 162 Å². The summed E-state index contributed by atoms with van der Waals surface area (Å²) in [7, 11) is -3.86. The second kappa shape index (κ2) is 7.21. The first-order valence-corrected chi connectivity index (χ1v) is 10.6. The van der Waals surface area contributed by atoms with E-state index in [2.05, 4.69) is 15.8 Å². The molecule has 1 N–H and O–H groups in total. The molecular formula is C21H18FN3O2S. The summed E-state index contributed by atoms with van der Waals surface area (Å²) in [5.41, 5.74) is 2.23. The molecule has 1 saturated carbocycles. The topological polar surface area (TPSA) is 82.8 Å². The van der Waals surface area contributed by atoms with Crippen LogP contribution in [-0.2, 0) is 10.0 Å². The summed E-state index contributed by atoms with van der Waals surface area (Å²) in [6.45, 7) is 0. The molecule has 1 aliphatic carbocycles. The van der Waals surface area contributed by atoms with E-state index in [0.717, 1.165) is 16.3 Å². The van der Waals surface area contributed by atoms with Crippen molar-refractivity contribution in [2.45, 2.75) is 30.7 Å². The van der Waals surface area contributed by atoms with E-state index >= 15 is 0 Å². The number of halogens is 1. The maximum atomic E-state index is 14.0.